The van der Waals surface area contributed by atoms with Crippen LogP contribution in [0.4, 0.5) is 0 Å². The van der Waals surface area contributed by atoms with Crippen LogP contribution in [0.3, 0.4) is 0 Å². The van der Waals surface area contributed by atoms with Crippen LogP contribution in [0.5, 0.6) is 5.88 Å². The zero-order chi connectivity index (χ0) is 18.5. The second-order valence-corrected chi connectivity index (χ2v) is 6.63. The number of hydrogen-bond acceptors (Lipinski definition) is 6. The van der Waals surface area contributed by atoms with Crippen LogP contribution in [0, 0.1) is 0 Å². The molecule has 0 fully saturated rings. The first-order valence-electron chi connectivity index (χ1n) is 8.75. The summed E-state index contributed by atoms with van der Waals surface area (Å²) in [6.45, 7) is 2.66. The van der Waals surface area contributed by atoms with E-state index in [1.165, 1.54) is 10.9 Å². The first-order chi connectivity index (χ1) is 13.1. The number of nitrogens with one attached hydrogen (secondary N) is 1. The first kappa shape index (κ1) is 15.7. The Kier molecular flexibility index (Phi) is 3.36. The molecular formula is C18H16N6O3. The molecule has 1 aliphatic rings. The average Bonchev–Trinajstić information content (AvgIpc) is 2.99. The van der Waals surface area contributed by atoms with Crippen LogP contribution in [0.25, 0.3) is 28.0 Å². The molecule has 2 bridgehead atoms. The van der Waals surface area contributed by atoms with Gasteiger partial charge in [-0.3, -0.25) is 9.78 Å². The maximum atomic E-state index is 12.6. The molecule has 1 N–H and O–H groups in total. The van der Waals surface area contributed by atoms with Gasteiger partial charge in [0.25, 0.3) is 0 Å². The van der Waals surface area contributed by atoms with Gasteiger partial charge in [0.2, 0.25) is 5.88 Å². The highest BCUT2D eigenvalue weighted by Gasteiger charge is 2.20. The number of pyridine rings is 2. The number of nitrogens with zero attached hydrogens (tertiary/aromatic N) is 5. The van der Waals surface area contributed by atoms with Gasteiger partial charge >= 0.3 is 5.69 Å². The van der Waals surface area contributed by atoms with Crippen LogP contribution in [0.1, 0.15) is 19.8 Å². The predicted molar refractivity (Wildman–Crippen MR) is 98.4 cm³/mol. The quantitative estimate of drug-likeness (QED) is 0.505. The van der Waals surface area contributed by atoms with Gasteiger partial charge in [0.1, 0.15) is 17.8 Å². The van der Waals surface area contributed by atoms with Crippen LogP contribution in [-0.2, 0) is 6.54 Å². The van der Waals surface area contributed by atoms with E-state index in [9.17, 15) is 9.59 Å². The largest absolute Gasteiger partial charge is 0.473 e. The van der Waals surface area contributed by atoms with Crippen LogP contribution >= 0.6 is 0 Å². The molecule has 4 aromatic heterocycles. The molecule has 0 unspecified atom stereocenters. The van der Waals surface area contributed by atoms with E-state index in [1.54, 1.807) is 24.4 Å². The Bertz CT molecular complexity index is 1300. The second-order valence-electron chi connectivity index (χ2n) is 6.63. The van der Waals surface area contributed by atoms with Crippen molar-refractivity contribution in [3.63, 3.8) is 0 Å². The summed E-state index contributed by atoms with van der Waals surface area (Å²) in [5.41, 5.74) is 0.873. The third-order valence-corrected chi connectivity index (χ3v) is 4.80. The zero-order valence-corrected chi connectivity index (χ0v) is 14.5. The Balaban J connectivity index is 1.90. The number of imidazole rings is 1. The Morgan fingerprint density at radius 1 is 1.22 bits per heavy atom. The standard InChI is InChI=1S/C18H16N6O3/c1-10-3-2-7-23-8-6-12(25)11-4-5-13(21-16(11)23)24-14-15(22-18(24)26)19-9-20-17(14)27-10/h4-6,8-10H,2-3,7H2,1H3,(H,19,20,22,26)/t10-/m1/s1. The van der Waals surface area contributed by atoms with Crippen molar-refractivity contribution in [2.24, 2.45) is 0 Å². The van der Waals surface area contributed by atoms with Gasteiger partial charge in [-0.25, -0.2) is 19.3 Å². The van der Waals surface area contributed by atoms with Crippen LogP contribution in [0.15, 0.2) is 40.3 Å². The minimum Gasteiger partial charge on any atom is -0.473 e. The normalized spacial score (nSPS) is 16.9. The van der Waals surface area contributed by atoms with E-state index >= 15 is 0 Å². The van der Waals surface area contributed by atoms with Gasteiger partial charge < -0.3 is 9.30 Å². The molecule has 1 aliphatic heterocycles. The van der Waals surface area contributed by atoms with Gasteiger partial charge in [-0.1, -0.05) is 0 Å². The molecule has 5 rings (SSSR count). The number of aryl methyl sites for hydroxylation is 1. The zero-order valence-electron chi connectivity index (χ0n) is 14.5. The fourth-order valence-electron chi connectivity index (χ4n) is 3.49. The van der Waals surface area contributed by atoms with Crippen molar-refractivity contribution in [3.8, 4) is 11.7 Å². The summed E-state index contributed by atoms with van der Waals surface area (Å²) in [5.74, 6) is 0.713. The summed E-state index contributed by atoms with van der Waals surface area (Å²) in [4.78, 5) is 40.6. The molecule has 0 aromatic carbocycles. The van der Waals surface area contributed by atoms with Crippen LogP contribution in [-0.4, -0.2) is 35.2 Å². The summed E-state index contributed by atoms with van der Waals surface area (Å²) in [5, 5.41) is 0.520. The molecule has 5 heterocycles. The van der Waals surface area contributed by atoms with Crippen molar-refractivity contribution >= 4 is 22.2 Å². The Morgan fingerprint density at radius 3 is 3.00 bits per heavy atom. The van der Waals surface area contributed by atoms with E-state index in [1.807, 2.05) is 11.5 Å². The van der Waals surface area contributed by atoms with Gasteiger partial charge in [0, 0.05) is 18.8 Å². The maximum Gasteiger partial charge on any atom is 0.333 e. The highest BCUT2D eigenvalue weighted by atomic mass is 16.5. The summed E-state index contributed by atoms with van der Waals surface area (Å²) >= 11 is 0. The van der Waals surface area contributed by atoms with E-state index in [-0.39, 0.29) is 11.5 Å². The lowest BCUT2D eigenvalue weighted by molar-refractivity contribution is 0.199. The second kappa shape index (κ2) is 5.76. The maximum absolute atomic E-state index is 12.6. The van der Waals surface area contributed by atoms with E-state index < -0.39 is 5.69 Å². The van der Waals surface area contributed by atoms with Gasteiger partial charge in [-0.2, -0.15) is 4.98 Å². The minimum absolute atomic E-state index is 0.0952. The molecule has 27 heavy (non-hydrogen) atoms. The SMILES string of the molecule is C[C@@H]1CCCn2ccc(=O)c3ccc(nc32)-n2c(=O)[nH]c3ncnc(c32)O1. The monoisotopic (exact) mass is 364 g/mol. The molecule has 9 heteroatoms. The van der Waals surface area contributed by atoms with Crippen LogP contribution < -0.4 is 15.9 Å². The van der Waals surface area contributed by atoms with E-state index in [0.29, 0.717) is 40.4 Å². The van der Waals surface area contributed by atoms with Gasteiger partial charge in [0.15, 0.2) is 16.6 Å². The number of rotatable bonds is 0. The first-order valence-corrected chi connectivity index (χ1v) is 8.75. The minimum atomic E-state index is -0.392. The van der Waals surface area contributed by atoms with E-state index in [4.69, 9.17) is 4.74 Å². The number of fused-ring (bicyclic) bond motifs is 2. The van der Waals surface area contributed by atoms with Crippen molar-refractivity contribution < 1.29 is 4.74 Å². The van der Waals surface area contributed by atoms with Gasteiger partial charge in [-0.15, -0.1) is 0 Å². The fourth-order valence-corrected chi connectivity index (χ4v) is 3.49. The molecular weight excluding hydrogens is 348 g/mol. The van der Waals surface area contributed by atoms with Crippen molar-refractivity contribution in [1.29, 1.82) is 0 Å². The average molecular weight is 364 g/mol. The summed E-state index contributed by atoms with van der Waals surface area (Å²) in [6.07, 6.45) is 4.64. The molecule has 0 saturated carbocycles. The Hall–Kier alpha value is -3.49. The topological polar surface area (TPSA) is 108 Å². The third-order valence-electron chi connectivity index (χ3n) is 4.80. The molecule has 0 amide bonds. The molecule has 0 saturated heterocycles. The lowest BCUT2D eigenvalue weighted by Crippen LogP contribution is -2.20. The number of ether oxygens (including phenoxy) is 1. The molecule has 0 spiro atoms. The summed E-state index contributed by atoms with van der Waals surface area (Å²) < 4.78 is 9.33. The van der Waals surface area contributed by atoms with Gasteiger partial charge in [-0.05, 0) is 31.9 Å². The molecule has 4 aromatic rings. The predicted octanol–water partition coefficient (Wildman–Crippen LogP) is 1.38. The Morgan fingerprint density at radius 2 is 2.11 bits per heavy atom. The van der Waals surface area contributed by atoms with E-state index in [0.717, 1.165) is 12.8 Å². The molecule has 9 nitrogen and oxygen atoms in total. The number of aromatic nitrogens is 6. The lowest BCUT2D eigenvalue weighted by atomic mass is 10.2. The molecule has 136 valence electrons. The van der Waals surface area contributed by atoms with Crippen LogP contribution in [0.2, 0.25) is 0 Å². The number of hydrogen-bond donors (Lipinski definition) is 1. The smallest absolute Gasteiger partial charge is 0.333 e. The fraction of sp³-hybridized carbons (Fsp3) is 0.278. The van der Waals surface area contributed by atoms with Crippen molar-refractivity contribution in [2.75, 3.05) is 0 Å². The number of H-pyrrole nitrogens is 1. The summed E-state index contributed by atoms with van der Waals surface area (Å²) in [7, 11) is 0. The highest BCUT2D eigenvalue weighted by molar-refractivity contribution is 5.80. The third kappa shape index (κ3) is 2.42. The molecule has 0 aliphatic carbocycles. The van der Waals surface area contributed by atoms with E-state index in [2.05, 4.69) is 19.9 Å². The van der Waals surface area contributed by atoms with Crippen molar-refractivity contribution in [1.82, 2.24) is 29.1 Å². The van der Waals surface area contributed by atoms with Crippen molar-refractivity contribution in [3.05, 3.63) is 51.4 Å². The Labute approximate surface area is 152 Å². The highest BCUT2D eigenvalue weighted by Crippen LogP contribution is 2.24. The lowest BCUT2D eigenvalue weighted by Gasteiger charge is -2.17. The number of aromatic amines is 1. The van der Waals surface area contributed by atoms with Crippen molar-refractivity contribution in [2.45, 2.75) is 32.4 Å². The molecule has 1 atom stereocenters. The molecule has 0 radical (unpaired) electrons. The van der Waals surface area contributed by atoms with Gasteiger partial charge in [0.05, 0.1) is 11.5 Å². The summed E-state index contributed by atoms with van der Waals surface area (Å²) in [6, 6.07) is 4.88.